The number of hydrogen-bond donors (Lipinski definition) is 0. The number of benzene rings is 2. The summed E-state index contributed by atoms with van der Waals surface area (Å²) in [6.45, 7) is 8.53. The molecule has 0 radical (unpaired) electrons. The van der Waals surface area contributed by atoms with Gasteiger partial charge in [0.2, 0.25) is 5.78 Å². The van der Waals surface area contributed by atoms with E-state index in [0.717, 1.165) is 48.4 Å². The van der Waals surface area contributed by atoms with Crippen LogP contribution in [0, 0.1) is 0 Å². The maximum atomic E-state index is 13.8. The molecule has 0 saturated heterocycles. The van der Waals surface area contributed by atoms with E-state index in [1.54, 1.807) is 0 Å². The lowest BCUT2D eigenvalue weighted by Crippen LogP contribution is -2.28. The monoisotopic (exact) mass is 516 g/mol. The molecular weight excluding hydrogens is 480 g/mol. The van der Waals surface area contributed by atoms with Gasteiger partial charge in [-0.3, -0.25) is 4.79 Å². The minimum atomic E-state index is -0.0685. The van der Waals surface area contributed by atoms with E-state index in [2.05, 4.69) is 18.7 Å². The highest BCUT2D eigenvalue weighted by atomic mass is 35.5. The van der Waals surface area contributed by atoms with Crippen molar-refractivity contribution in [3.8, 4) is 16.9 Å². The highest BCUT2D eigenvalue weighted by molar-refractivity contribution is 6.38. The molecule has 37 heavy (non-hydrogen) atoms. The molecule has 4 nitrogen and oxygen atoms in total. The number of carbonyl (C=O) groups excluding carboxylic acids is 1. The number of fused-ring (bicyclic) bond motifs is 1. The first-order valence-corrected chi connectivity index (χ1v) is 13.9. The quantitative estimate of drug-likeness (QED) is 0.125. The van der Waals surface area contributed by atoms with Gasteiger partial charge < -0.3 is 14.0 Å². The largest absolute Gasteiger partial charge is 0.494 e. The molecule has 0 amide bonds. The van der Waals surface area contributed by atoms with E-state index in [4.69, 9.17) is 16.3 Å². The molecule has 0 aliphatic rings. The number of pyridine rings is 1. The predicted molar refractivity (Wildman–Crippen MR) is 154 cm³/mol. The lowest BCUT2D eigenvalue weighted by Gasteiger charge is -2.21. The van der Waals surface area contributed by atoms with E-state index in [1.807, 2.05) is 83.4 Å². The van der Waals surface area contributed by atoms with Crippen molar-refractivity contribution in [1.82, 2.24) is 9.30 Å². The fourth-order valence-electron chi connectivity index (χ4n) is 4.68. The van der Waals surface area contributed by atoms with E-state index in [-0.39, 0.29) is 5.78 Å². The highest BCUT2D eigenvalue weighted by Gasteiger charge is 2.24. The van der Waals surface area contributed by atoms with E-state index < -0.39 is 0 Å². The Bertz CT molecular complexity index is 1270. The minimum absolute atomic E-state index is 0.0685. The number of ketones is 1. The summed E-state index contributed by atoms with van der Waals surface area (Å²) < 4.78 is 7.90. The molecule has 2 heterocycles. The van der Waals surface area contributed by atoms with Crippen LogP contribution in [-0.2, 0) is 0 Å². The van der Waals surface area contributed by atoms with Gasteiger partial charge in [-0.25, -0.2) is 0 Å². The van der Waals surface area contributed by atoms with E-state index in [0.29, 0.717) is 22.9 Å². The average Bonchev–Trinajstić information content (AvgIpc) is 3.24. The number of nitrogens with zero attached hydrogens (tertiary/aromatic N) is 2. The third-order valence-corrected chi connectivity index (χ3v) is 7.10. The number of carbonyl (C=O) groups is 1. The summed E-state index contributed by atoms with van der Waals surface area (Å²) in [5.74, 6) is 0.715. The van der Waals surface area contributed by atoms with Gasteiger partial charge >= 0.3 is 0 Å². The molecule has 4 rings (SSSR count). The van der Waals surface area contributed by atoms with Crippen LogP contribution in [0.2, 0.25) is 5.02 Å². The molecule has 0 unspecified atom stereocenters. The van der Waals surface area contributed by atoms with E-state index in [9.17, 15) is 4.79 Å². The Balaban J connectivity index is 1.46. The van der Waals surface area contributed by atoms with E-state index in [1.165, 1.54) is 25.7 Å². The molecule has 0 spiro atoms. The van der Waals surface area contributed by atoms with Gasteiger partial charge in [0.1, 0.15) is 11.4 Å². The summed E-state index contributed by atoms with van der Waals surface area (Å²) in [6.07, 6.45) is 7.82. The second-order valence-electron chi connectivity index (χ2n) is 9.46. The first-order valence-electron chi connectivity index (χ1n) is 13.5. The second kappa shape index (κ2) is 13.5. The summed E-state index contributed by atoms with van der Waals surface area (Å²) in [6, 6.07) is 23.1. The third kappa shape index (κ3) is 6.63. The Hall–Kier alpha value is -3.08. The smallest absolute Gasteiger partial charge is 0.210 e. The molecule has 0 bridgehead atoms. The zero-order valence-electron chi connectivity index (χ0n) is 22.0. The SMILES string of the molecule is CCCCN(CCCC)CCCOc1ccc(C(=O)c2c(-c3ccccc3)c(Cl)c3ccccn23)cc1. The van der Waals surface area contributed by atoms with Gasteiger partial charge in [0.15, 0.2) is 0 Å². The van der Waals surface area contributed by atoms with Crippen LogP contribution >= 0.6 is 11.6 Å². The molecule has 2 aromatic heterocycles. The molecule has 0 aliphatic carbocycles. The molecular formula is C32H37ClN2O2. The van der Waals surface area contributed by atoms with Crippen LogP contribution in [0.3, 0.4) is 0 Å². The second-order valence-corrected chi connectivity index (χ2v) is 9.84. The normalized spacial score (nSPS) is 11.4. The van der Waals surface area contributed by atoms with Crippen LogP contribution in [0.1, 0.15) is 62.0 Å². The van der Waals surface area contributed by atoms with Crippen molar-refractivity contribution < 1.29 is 9.53 Å². The van der Waals surface area contributed by atoms with Gasteiger partial charge in [0.25, 0.3) is 0 Å². The van der Waals surface area contributed by atoms with Gasteiger partial charge in [-0.1, -0.05) is 74.7 Å². The van der Waals surface area contributed by atoms with Crippen molar-refractivity contribution in [3.05, 3.63) is 95.3 Å². The van der Waals surface area contributed by atoms with Gasteiger partial charge in [0, 0.05) is 23.9 Å². The lowest BCUT2D eigenvalue weighted by atomic mass is 10.00. The summed E-state index contributed by atoms with van der Waals surface area (Å²) in [4.78, 5) is 16.3. The Morgan fingerprint density at radius 3 is 2.16 bits per heavy atom. The van der Waals surface area contributed by atoms with Gasteiger partial charge in [-0.05, 0) is 74.3 Å². The van der Waals surface area contributed by atoms with Crippen molar-refractivity contribution in [2.24, 2.45) is 0 Å². The number of aromatic nitrogens is 1. The maximum Gasteiger partial charge on any atom is 0.210 e. The van der Waals surface area contributed by atoms with Crippen LogP contribution in [0.25, 0.3) is 16.6 Å². The van der Waals surface area contributed by atoms with Crippen LogP contribution in [-0.4, -0.2) is 41.3 Å². The Morgan fingerprint density at radius 1 is 0.838 bits per heavy atom. The first kappa shape index (κ1) is 27.0. The summed E-state index contributed by atoms with van der Waals surface area (Å²) in [5.41, 5.74) is 3.67. The molecule has 4 aromatic rings. The van der Waals surface area contributed by atoms with Crippen molar-refractivity contribution >= 4 is 22.9 Å². The Morgan fingerprint density at radius 2 is 1.49 bits per heavy atom. The van der Waals surface area contributed by atoms with Gasteiger partial charge in [-0.15, -0.1) is 0 Å². The lowest BCUT2D eigenvalue weighted by molar-refractivity contribution is 0.103. The number of halogens is 1. The molecule has 5 heteroatoms. The molecule has 0 saturated carbocycles. The molecule has 0 fully saturated rings. The first-order chi connectivity index (χ1) is 18.1. The maximum absolute atomic E-state index is 13.8. The standard InChI is InChI=1S/C32H37ClN2O2/c1-3-5-20-34(21-6-4-2)22-12-24-37-27-18-16-26(17-19-27)32(36)31-29(25-13-8-7-9-14-25)30(33)28-15-10-11-23-35(28)31/h7-11,13-19,23H,3-6,12,20-22,24H2,1-2H3. The van der Waals surface area contributed by atoms with Crippen LogP contribution in [0.5, 0.6) is 5.75 Å². The Kier molecular flexibility index (Phi) is 9.81. The number of hydrogen-bond acceptors (Lipinski definition) is 3. The average molecular weight is 517 g/mol. The molecule has 0 aliphatic heterocycles. The topological polar surface area (TPSA) is 34.0 Å². The zero-order valence-corrected chi connectivity index (χ0v) is 22.7. The number of ether oxygens (including phenoxy) is 1. The molecule has 2 aromatic carbocycles. The van der Waals surface area contributed by atoms with Gasteiger partial charge in [0.05, 0.1) is 17.1 Å². The number of unbranched alkanes of at least 4 members (excludes halogenated alkanes) is 2. The fraction of sp³-hybridized carbons (Fsp3) is 0.344. The number of rotatable bonds is 14. The van der Waals surface area contributed by atoms with Crippen molar-refractivity contribution in [1.29, 1.82) is 0 Å². The highest BCUT2D eigenvalue weighted by Crippen LogP contribution is 2.38. The fourth-order valence-corrected chi connectivity index (χ4v) is 5.03. The predicted octanol–water partition coefficient (Wildman–Crippen LogP) is 8.16. The molecule has 0 N–H and O–H groups in total. The summed E-state index contributed by atoms with van der Waals surface area (Å²) >= 11 is 6.81. The van der Waals surface area contributed by atoms with Crippen molar-refractivity contribution in [2.75, 3.05) is 26.2 Å². The van der Waals surface area contributed by atoms with Crippen LogP contribution in [0.15, 0.2) is 79.0 Å². The zero-order chi connectivity index (χ0) is 26.0. The van der Waals surface area contributed by atoms with Crippen LogP contribution < -0.4 is 4.74 Å². The summed E-state index contributed by atoms with van der Waals surface area (Å²) in [7, 11) is 0. The molecule has 194 valence electrons. The molecule has 0 atom stereocenters. The van der Waals surface area contributed by atoms with Crippen molar-refractivity contribution in [2.45, 2.75) is 46.0 Å². The van der Waals surface area contributed by atoms with Crippen molar-refractivity contribution in [3.63, 3.8) is 0 Å². The van der Waals surface area contributed by atoms with E-state index >= 15 is 0 Å². The van der Waals surface area contributed by atoms with Crippen LogP contribution in [0.4, 0.5) is 0 Å². The summed E-state index contributed by atoms with van der Waals surface area (Å²) in [5, 5.41) is 0.585. The third-order valence-electron chi connectivity index (χ3n) is 6.72. The van der Waals surface area contributed by atoms with Gasteiger partial charge in [-0.2, -0.15) is 0 Å². The Labute approximate surface area is 225 Å². The minimum Gasteiger partial charge on any atom is -0.494 e.